The zero-order chi connectivity index (χ0) is 19.1. The van der Waals surface area contributed by atoms with Crippen molar-refractivity contribution in [3.05, 3.63) is 35.9 Å². The monoisotopic (exact) mass is 382 g/mol. The van der Waals surface area contributed by atoms with Crippen LogP contribution in [0.4, 0.5) is 5.13 Å². The Bertz CT molecular complexity index is 1170. The fraction of sp³-hybridized carbons (Fsp3) is 0.278. The molecule has 2 N–H and O–H groups in total. The molecule has 0 aliphatic heterocycles. The minimum Gasteiger partial charge on any atom is -0.387 e. The SMILES string of the molecule is CC[C@@H](O)c1cc(C)c(-c2cc3nc(NC(C)=O)sc3n3ncnc23)cn1. The lowest BCUT2D eigenvalue weighted by Gasteiger charge is -2.12. The van der Waals surface area contributed by atoms with Crippen LogP contribution in [-0.4, -0.2) is 35.6 Å². The van der Waals surface area contributed by atoms with Crippen molar-refractivity contribution in [2.24, 2.45) is 0 Å². The lowest BCUT2D eigenvalue weighted by molar-refractivity contribution is -0.114. The Hall–Kier alpha value is -2.91. The number of aromatic nitrogens is 5. The van der Waals surface area contributed by atoms with Crippen molar-refractivity contribution in [2.45, 2.75) is 33.3 Å². The maximum absolute atomic E-state index is 11.3. The van der Waals surface area contributed by atoms with Crippen LogP contribution in [0.3, 0.4) is 0 Å². The van der Waals surface area contributed by atoms with Gasteiger partial charge in [-0.25, -0.2) is 14.5 Å². The van der Waals surface area contributed by atoms with Gasteiger partial charge in [0.1, 0.15) is 16.7 Å². The third kappa shape index (κ3) is 3.04. The number of aryl methyl sites for hydroxylation is 1. The van der Waals surface area contributed by atoms with Crippen molar-refractivity contribution in [3.8, 4) is 11.1 Å². The summed E-state index contributed by atoms with van der Waals surface area (Å²) in [5.74, 6) is -0.172. The van der Waals surface area contributed by atoms with Crippen molar-refractivity contribution in [1.29, 1.82) is 0 Å². The third-order valence-electron chi connectivity index (χ3n) is 4.33. The van der Waals surface area contributed by atoms with Crippen molar-refractivity contribution in [3.63, 3.8) is 0 Å². The van der Waals surface area contributed by atoms with Gasteiger partial charge < -0.3 is 10.4 Å². The Labute approximate surface area is 158 Å². The number of nitrogens with zero attached hydrogens (tertiary/aromatic N) is 5. The summed E-state index contributed by atoms with van der Waals surface area (Å²) in [4.78, 5) is 25.5. The predicted octanol–water partition coefficient (Wildman–Crippen LogP) is 3.11. The van der Waals surface area contributed by atoms with Crippen molar-refractivity contribution < 1.29 is 9.90 Å². The number of hydrogen-bond acceptors (Lipinski definition) is 7. The van der Waals surface area contributed by atoms with Gasteiger partial charge in [0.15, 0.2) is 10.8 Å². The van der Waals surface area contributed by atoms with Gasteiger partial charge in [-0.1, -0.05) is 18.3 Å². The van der Waals surface area contributed by atoms with Gasteiger partial charge >= 0.3 is 0 Å². The average Bonchev–Trinajstić information content (AvgIpc) is 3.26. The Morgan fingerprint density at radius 1 is 1.33 bits per heavy atom. The zero-order valence-electron chi connectivity index (χ0n) is 15.1. The molecule has 1 atom stereocenters. The first-order valence-corrected chi connectivity index (χ1v) is 9.35. The van der Waals surface area contributed by atoms with E-state index in [2.05, 4.69) is 25.4 Å². The van der Waals surface area contributed by atoms with E-state index in [-0.39, 0.29) is 5.91 Å². The standard InChI is InChI=1S/C18H18N6O2S/c1-4-15(26)13-5-9(2)12(7-19-13)11-6-14-17(24-16(11)20-8-21-24)27-18(23-14)22-10(3)25/h5-8,15,26H,4H2,1-3H3,(H,22,23,25)/t15-/m1/s1. The smallest absolute Gasteiger partial charge is 0.223 e. The molecule has 0 radical (unpaired) electrons. The summed E-state index contributed by atoms with van der Waals surface area (Å²) in [5.41, 5.74) is 4.79. The van der Waals surface area contributed by atoms with E-state index in [0.717, 1.165) is 21.5 Å². The first kappa shape index (κ1) is 17.5. The number of hydrogen-bond donors (Lipinski definition) is 2. The number of pyridine rings is 2. The molecule has 1 amide bonds. The summed E-state index contributed by atoms with van der Waals surface area (Å²) in [6.45, 7) is 5.34. The second-order valence-electron chi connectivity index (χ2n) is 6.29. The molecule has 138 valence electrons. The van der Waals surface area contributed by atoms with Crippen LogP contribution < -0.4 is 5.32 Å². The van der Waals surface area contributed by atoms with Crippen LogP contribution in [0.2, 0.25) is 0 Å². The zero-order valence-corrected chi connectivity index (χ0v) is 15.9. The van der Waals surface area contributed by atoms with E-state index in [1.165, 1.54) is 24.6 Å². The second-order valence-corrected chi connectivity index (χ2v) is 7.27. The highest BCUT2D eigenvalue weighted by atomic mass is 32.1. The van der Waals surface area contributed by atoms with Gasteiger partial charge in [0, 0.05) is 24.2 Å². The van der Waals surface area contributed by atoms with Gasteiger partial charge in [-0.15, -0.1) is 0 Å². The maximum Gasteiger partial charge on any atom is 0.223 e. The number of carbonyl (C=O) groups excluding carboxylic acids is 1. The summed E-state index contributed by atoms with van der Waals surface area (Å²) in [7, 11) is 0. The number of aliphatic hydroxyl groups excluding tert-OH is 1. The maximum atomic E-state index is 11.3. The summed E-state index contributed by atoms with van der Waals surface area (Å²) in [6.07, 6.45) is 3.28. The van der Waals surface area contributed by atoms with E-state index >= 15 is 0 Å². The van der Waals surface area contributed by atoms with Gasteiger partial charge in [0.2, 0.25) is 5.91 Å². The number of rotatable bonds is 4. The fourth-order valence-corrected chi connectivity index (χ4v) is 3.95. The van der Waals surface area contributed by atoms with Crippen LogP contribution in [0, 0.1) is 6.92 Å². The molecule has 0 spiro atoms. The number of fused-ring (bicyclic) bond motifs is 3. The molecule has 27 heavy (non-hydrogen) atoms. The molecule has 0 saturated heterocycles. The van der Waals surface area contributed by atoms with E-state index in [1.54, 1.807) is 10.7 Å². The largest absolute Gasteiger partial charge is 0.387 e. The summed E-state index contributed by atoms with van der Waals surface area (Å²) < 4.78 is 1.72. The summed E-state index contributed by atoms with van der Waals surface area (Å²) in [5, 5.41) is 17.6. The Morgan fingerprint density at radius 3 is 2.85 bits per heavy atom. The van der Waals surface area contributed by atoms with Crippen LogP contribution in [0.5, 0.6) is 0 Å². The van der Waals surface area contributed by atoms with E-state index in [0.29, 0.717) is 28.4 Å². The van der Waals surface area contributed by atoms with Crippen LogP contribution in [0.15, 0.2) is 24.7 Å². The lowest BCUT2D eigenvalue weighted by atomic mass is 10.0. The summed E-state index contributed by atoms with van der Waals surface area (Å²) in [6, 6.07) is 3.82. The lowest BCUT2D eigenvalue weighted by Crippen LogP contribution is -2.04. The van der Waals surface area contributed by atoms with Crippen molar-refractivity contribution in [1.82, 2.24) is 24.6 Å². The molecule has 4 heterocycles. The number of anilines is 1. The first-order chi connectivity index (χ1) is 13.0. The summed E-state index contributed by atoms with van der Waals surface area (Å²) >= 11 is 1.35. The Morgan fingerprint density at radius 2 is 2.15 bits per heavy atom. The van der Waals surface area contributed by atoms with E-state index < -0.39 is 6.10 Å². The van der Waals surface area contributed by atoms with E-state index in [9.17, 15) is 9.90 Å². The molecule has 0 bridgehead atoms. The minimum atomic E-state index is -0.577. The molecule has 4 rings (SSSR count). The molecule has 0 aliphatic rings. The molecule has 4 aromatic rings. The Balaban J connectivity index is 1.90. The van der Waals surface area contributed by atoms with Crippen molar-refractivity contribution >= 4 is 38.4 Å². The highest BCUT2D eigenvalue weighted by molar-refractivity contribution is 7.22. The number of thiazole rings is 1. The van der Waals surface area contributed by atoms with Crippen LogP contribution in [-0.2, 0) is 4.79 Å². The predicted molar refractivity (Wildman–Crippen MR) is 104 cm³/mol. The van der Waals surface area contributed by atoms with Crippen molar-refractivity contribution in [2.75, 3.05) is 5.32 Å². The second kappa shape index (κ2) is 6.67. The minimum absolute atomic E-state index is 0.172. The highest BCUT2D eigenvalue weighted by Crippen LogP contribution is 2.34. The van der Waals surface area contributed by atoms with E-state index in [1.807, 2.05) is 26.0 Å². The van der Waals surface area contributed by atoms with Gasteiger partial charge in [-0.3, -0.25) is 9.78 Å². The molecule has 0 aromatic carbocycles. The number of nitrogens with one attached hydrogen (secondary N) is 1. The number of carbonyl (C=O) groups is 1. The molecule has 8 nitrogen and oxygen atoms in total. The van der Waals surface area contributed by atoms with Gasteiger partial charge in [-0.2, -0.15) is 5.10 Å². The van der Waals surface area contributed by atoms with Gasteiger partial charge in [-0.05, 0) is 31.0 Å². The number of aliphatic hydroxyl groups is 1. The molecule has 0 saturated carbocycles. The topological polar surface area (TPSA) is 105 Å². The normalized spacial score (nSPS) is 12.6. The molecular weight excluding hydrogens is 364 g/mol. The highest BCUT2D eigenvalue weighted by Gasteiger charge is 2.17. The third-order valence-corrected chi connectivity index (χ3v) is 5.29. The Kier molecular flexibility index (Phi) is 4.33. The van der Waals surface area contributed by atoms with E-state index in [4.69, 9.17) is 0 Å². The molecular formula is C18H18N6O2S. The molecule has 4 aromatic heterocycles. The first-order valence-electron chi connectivity index (χ1n) is 8.53. The van der Waals surface area contributed by atoms with Gasteiger partial charge in [0.25, 0.3) is 0 Å². The molecule has 0 unspecified atom stereocenters. The molecule has 9 heteroatoms. The van der Waals surface area contributed by atoms with Crippen LogP contribution in [0.1, 0.15) is 37.6 Å². The molecule has 0 fully saturated rings. The van der Waals surface area contributed by atoms with Crippen LogP contribution in [0.25, 0.3) is 27.1 Å². The van der Waals surface area contributed by atoms with Crippen LogP contribution >= 0.6 is 11.3 Å². The average molecular weight is 382 g/mol. The quantitative estimate of drug-likeness (QED) is 0.562. The van der Waals surface area contributed by atoms with Gasteiger partial charge in [0.05, 0.1) is 11.8 Å². The molecule has 0 aliphatic carbocycles. The fourth-order valence-electron chi connectivity index (χ4n) is 3.00. The number of amides is 1.